The second-order valence-electron chi connectivity index (χ2n) is 7.70. The molecule has 0 bridgehead atoms. The third-order valence-electron chi connectivity index (χ3n) is 5.33. The van der Waals surface area contributed by atoms with Crippen LogP contribution in [0.25, 0.3) is 20.4 Å². The first-order chi connectivity index (χ1) is 15.6. The number of aromatic nitrogens is 2. The van der Waals surface area contributed by atoms with E-state index >= 15 is 0 Å². The lowest BCUT2D eigenvalue weighted by Crippen LogP contribution is -2.41. The summed E-state index contributed by atoms with van der Waals surface area (Å²) in [6.07, 6.45) is 0. The molecule has 0 aliphatic carbocycles. The molecule has 0 atom stereocenters. The Balaban J connectivity index is 1.23. The molecular formula is C20H24N6O4S2. The number of morpholine rings is 2. The van der Waals surface area contributed by atoms with E-state index in [1.807, 2.05) is 12.1 Å². The van der Waals surface area contributed by atoms with Gasteiger partial charge in [0.05, 0.1) is 60.0 Å². The van der Waals surface area contributed by atoms with E-state index in [1.165, 1.54) is 22.7 Å². The molecule has 2 fully saturated rings. The number of carbonyl (C=O) groups is 2. The maximum absolute atomic E-state index is 12.3. The van der Waals surface area contributed by atoms with Crippen molar-refractivity contribution in [1.82, 2.24) is 19.8 Å². The summed E-state index contributed by atoms with van der Waals surface area (Å²) in [6.45, 7) is 6.37. The summed E-state index contributed by atoms with van der Waals surface area (Å²) < 4.78 is 12.6. The van der Waals surface area contributed by atoms with Gasteiger partial charge in [-0.2, -0.15) is 0 Å². The summed E-state index contributed by atoms with van der Waals surface area (Å²) in [5, 5.41) is 6.96. The molecule has 0 saturated carbocycles. The van der Waals surface area contributed by atoms with Crippen molar-refractivity contribution in [3.05, 3.63) is 12.1 Å². The Morgan fingerprint density at radius 1 is 0.781 bits per heavy atom. The highest BCUT2D eigenvalue weighted by Crippen LogP contribution is 2.34. The molecule has 170 valence electrons. The molecular weight excluding hydrogens is 452 g/mol. The van der Waals surface area contributed by atoms with Gasteiger partial charge in [-0.25, -0.2) is 9.97 Å². The molecule has 1 aromatic carbocycles. The zero-order valence-corrected chi connectivity index (χ0v) is 19.1. The number of fused-ring (bicyclic) bond motifs is 2. The molecule has 12 heteroatoms. The summed E-state index contributed by atoms with van der Waals surface area (Å²) >= 11 is 2.87. The molecule has 4 heterocycles. The number of hydrogen-bond donors (Lipinski definition) is 2. The third kappa shape index (κ3) is 5.22. The van der Waals surface area contributed by atoms with E-state index in [0.29, 0.717) is 49.8 Å². The highest BCUT2D eigenvalue weighted by Gasteiger charge is 2.18. The molecule has 2 N–H and O–H groups in total. The Morgan fingerprint density at radius 2 is 1.22 bits per heavy atom. The molecule has 10 nitrogen and oxygen atoms in total. The Labute approximate surface area is 192 Å². The Morgan fingerprint density at radius 3 is 1.66 bits per heavy atom. The quantitative estimate of drug-likeness (QED) is 0.550. The van der Waals surface area contributed by atoms with Gasteiger partial charge in [0.25, 0.3) is 0 Å². The van der Waals surface area contributed by atoms with Gasteiger partial charge in [-0.15, -0.1) is 0 Å². The number of amides is 2. The van der Waals surface area contributed by atoms with Crippen LogP contribution in [0.5, 0.6) is 0 Å². The number of thiazole rings is 2. The molecule has 2 saturated heterocycles. The molecule has 2 aromatic heterocycles. The third-order valence-corrected chi connectivity index (χ3v) is 7.20. The molecule has 32 heavy (non-hydrogen) atoms. The monoisotopic (exact) mass is 476 g/mol. The number of carbonyl (C=O) groups excluding carboxylic acids is 2. The number of anilines is 2. The zero-order chi connectivity index (χ0) is 21.9. The summed E-state index contributed by atoms with van der Waals surface area (Å²) in [4.78, 5) is 37.9. The van der Waals surface area contributed by atoms with Crippen LogP contribution < -0.4 is 10.6 Å². The minimum absolute atomic E-state index is 0.0730. The largest absolute Gasteiger partial charge is 0.379 e. The first kappa shape index (κ1) is 21.6. The number of hydrogen-bond acceptors (Lipinski definition) is 10. The molecule has 3 aromatic rings. The predicted molar refractivity (Wildman–Crippen MR) is 125 cm³/mol. The number of ether oxygens (including phenoxy) is 2. The van der Waals surface area contributed by atoms with Gasteiger partial charge in [0.15, 0.2) is 10.3 Å². The minimum Gasteiger partial charge on any atom is -0.379 e. The highest BCUT2D eigenvalue weighted by molar-refractivity contribution is 7.24. The maximum Gasteiger partial charge on any atom is 0.240 e. The van der Waals surface area contributed by atoms with E-state index in [4.69, 9.17) is 9.47 Å². The van der Waals surface area contributed by atoms with E-state index in [0.717, 1.165) is 46.6 Å². The van der Waals surface area contributed by atoms with Gasteiger partial charge in [-0.3, -0.25) is 19.4 Å². The summed E-state index contributed by atoms with van der Waals surface area (Å²) in [5.41, 5.74) is 1.56. The van der Waals surface area contributed by atoms with E-state index < -0.39 is 0 Å². The number of nitrogens with zero attached hydrogens (tertiary/aromatic N) is 4. The number of rotatable bonds is 6. The van der Waals surface area contributed by atoms with Crippen molar-refractivity contribution in [1.29, 1.82) is 0 Å². The van der Waals surface area contributed by atoms with Gasteiger partial charge >= 0.3 is 0 Å². The van der Waals surface area contributed by atoms with Crippen LogP contribution in [0.2, 0.25) is 0 Å². The normalized spacial score (nSPS) is 18.2. The van der Waals surface area contributed by atoms with Crippen LogP contribution in [0.1, 0.15) is 0 Å². The SMILES string of the molecule is O=C(CN1CCOCC1)Nc1nc2cc3nc(NC(=O)CN4CCOCC4)sc3cc2s1. The number of benzene rings is 1. The average Bonchev–Trinajstić information content (AvgIpc) is 3.34. The fourth-order valence-corrected chi connectivity index (χ4v) is 5.58. The van der Waals surface area contributed by atoms with Gasteiger partial charge in [0, 0.05) is 26.2 Å². The van der Waals surface area contributed by atoms with E-state index in [-0.39, 0.29) is 11.8 Å². The van der Waals surface area contributed by atoms with Crippen LogP contribution in [0.4, 0.5) is 10.3 Å². The van der Waals surface area contributed by atoms with Crippen molar-refractivity contribution in [2.24, 2.45) is 0 Å². The summed E-state index contributed by atoms with van der Waals surface area (Å²) in [7, 11) is 0. The molecule has 0 unspecified atom stereocenters. The standard InChI is InChI=1S/C20H24N6O4S2/c27-17(11-25-1-5-29-6-2-25)23-19-21-13-9-14-16(10-15(13)31-19)32-20(22-14)24-18(28)12-26-3-7-30-8-4-26/h9-10H,1-8,11-12H2,(H,21,23,27)(H,22,24,28). The lowest BCUT2D eigenvalue weighted by atomic mass is 10.3. The minimum atomic E-state index is -0.0730. The van der Waals surface area contributed by atoms with Crippen LogP contribution in [0.15, 0.2) is 12.1 Å². The van der Waals surface area contributed by atoms with Gasteiger partial charge in [0.2, 0.25) is 11.8 Å². The molecule has 2 aliphatic rings. The van der Waals surface area contributed by atoms with Crippen LogP contribution >= 0.6 is 22.7 Å². The fourth-order valence-electron chi connectivity index (χ4n) is 3.70. The lowest BCUT2D eigenvalue weighted by molar-refractivity contribution is -0.119. The number of nitrogens with one attached hydrogen (secondary N) is 2. The van der Waals surface area contributed by atoms with Crippen LogP contribution in [-0.2, 0) is 19.1 Å². The van der Waals surface area contributed by atoms with Crippen LogP contribution in [0, 0.1) is 0 Å². The van der Waals surface area contributed by atoms with Gasteiger partial charge in [0.1, 0.15) is 0 Å². The van der Waals surface area contributed by atoms with E-state index in [1.54, 1.807) is 0 Å². The Bertz CT molecular complexity index is 985. The van der Waals surface area contributed by atoms with Crippen LogP contribution in [0.3, 0.4) is 0 Å². The van der Waals surface area contributed by atoms with Crippen molar-refractivity contribution in [3.63, 3.8) is 0 Å². The second-order valence-corrected chi connectivity index (χ2v) is 9.76. The zero-order valence-electron chi connectivity index (χ0n) is 17.5. The van der Waals surface area contributed by atoms with E-state index in [9.17, 15) is 9.59 Å². The molecule has 0 radical (unpaired) electrons. The van der Waals surface area contributed by atoms with Gasteiger partial charge in [-0.1, -0.05) is 22.7 Å². The van der Waals surface area contributed by atoms with Gasteiger partial charge in [-0.05, 0) is 12.1 Å². The van der Waals surface area contributed by atoms with Crippen molar-refractivity contribution in [2.75, 3.05) is 76.3 Å². The molecule has 0 spiro atoms. The summed E-state index contributed by atoms with van der Waals surface area (Å²) in [6, 6.07) is 3.90. The summed E-state index contributed by atoms with van der Waals surface area (Å²) in [5.74, 6) is -0.146. The fraction of sp³-hybridized carbons (Fsp3) is 0.500. The first-order valence-electron chi connectivity index (χ1n) is 10.5. The second kappa shape index (κ2) is 9.73. The average molecular weight is 477 g/mol. The topological polar surface area (TPSA) is 109 Å². The molecule has 2 amide bonds. The first-order valence-corrected chi connectivity index (χ1v) is 12.2. The van der Waals surface area contributed by atoms with Crippen LogP contribution in [-0.4, -0.2) is 97.3 Å². The lowest BCUT2D eigenvalue weighted by Gasteiger charge is -2.25. The smallest absolute Gasteiger partial charge is 0.240 e. The molecule has 2 aliphatic heterocycles. The predicted octanol–water partition coefficient (Wildman–Crippen LogP) is 1.45. The Kier molecular flexibility index (Phi) is 6.57. The van der Waals surface area contributed by atoms with Crippen molar-refractivity contribution < 1.29 is 19.1 Å². The maximum atomic E-state index is 12.3. The van der Waals surface area contributed by atoms with Crippen molar-refractivity contribution >= 4 is 65.2 Å². The Hall–Kier alpha value is -2.22. The highest BCUT2D eigenvalue weighted by atomic mass is 32.1. The van der Waals surface area contributed by atoms with Crippen molar-refractivity contribution in [3.8, 4) is 0 Å². The van der Waals surface area contributed by atoms with E-state index in [2.05, 4.69) is 30.4 Å². The van der Waals surface area contributed by atoms with Gasteiger partial charge < -0.3 is 20.1 Å². The van der Waals surface area contributed by atoms with Crippen molar-refractivity contribution in [2.45, 2.75) is 0 Å². The molecule has 5 rings (SSSR count).